The average molecular weight is 614 g/mol. The third-order valence-corrected chi connectivity index (χ3v) is 10.2. The normalized spacial score (nSPS) is 13.0. The number of benzene rings is 8. The highest BCUT2D eigenvalue weighted by atomic mass is 15.1. The van der Waals surface area contributed by atoms with Crippen molar-refractivity contribution in [3.8, 4) is 33.4 Å². The monoisotopic (exact) mass is 613 g/mol. The second-order valence-electron chi connectivity index (χ2n) is 13.4. The fourth-order valence-electron chi connectivity index (χ4n) is 7.80. The van der Waals surface area contributed by atoms with Gasteiger partial charge in [-0.3, -0.25) is 0 Å². The van der Waals surface area contributed by atoms with Gasteiger partial charge < -0.3 is 4.90 Å². The van der Waals surface area contributed by atoms with E-state index >= 15 is 0 Å². The molecule has 0 bridgehead atoms. The Hall–Kier alpha value is -5.92. The van der Waals surface area contributed by atoms with Crippen molar-refractivity contribution < 1.29 is 0 Å². The lowest BCUT2D eigenvalue weighted by Gasteiger charge is -2.37. The second-order valence-corrected chi connectivity index (χ2v) is 13.4. The number of hydrogen-bond acceptors (Lipinski definition) is 1. The van der Waals surface area contributed by atoms with E-state index in [1.807, 2.05) is 0 Å². The number of hydrogen-bond donors (Lipinski definition) is 0. The average Bonchev–Trinajstić information content (AvgIpc) is 3.14. The van der Waals surface area contributed by atoms with Gasteiger partial charge in [-0.15, -0.1) is 0 Å². The topological polar surface area (TPSA) is 3.24 Å². The first-order valence-electron chi connectivity index (χ1n) is 16.8. The van der Waals surface area contributed by atoms with Crippen molar-refractivity contribution in [1.29, 1.82) is 0 Å². The first-order valence-corrected chi connectivity index (χ1v) is 16.8. The van der Waals surface area contributed by atoms with Gasteiger partial charge in [0.15, 0.2) is 0 Å². The van der Waals surface area contributed by atoms with Crippen molar-refractivity contribution in [2.24, 2.45) is 0 Å². The van der Waals surface area contributed by atoms with Gasteiger partial charge in [0.05, 0.1) is 0 Å². The molecule has 0 radical (unpaired) electrons. The number of rotatable bonds is 5. The van der Waals surface area contributed by atoms with E-state index in [2.05, 4.69) is 195 Å². The summed E-state index contributed by atoms with van der Waals surface area (Å²) >= 11 is 0. The zero-order chi connectivity index (χ0) is 32.2. The highest BCUT2D eigenvalue weighted by Gasteiger charge is 2.35. The van der Waals surface area contributed by atoms with Gasteiger partial charge >= 0.3 is 0 Å². The van der Waals surface area contributed by atoms with Crippen LogP contribution in [-0.4, -0.2) is 0 Å². The Morgan fingerprint density at radius 1 is 0.375 bits per heavy atom. The minimum Gasteiger partial charge on any atom is -0.310 e. The second kappa shape index (κ2) is 11.1. The lowest BCUT2D eigenvalue weighted by molar-refractivity contribution is 0.645. The highest BCUT2D eigenvalue weighted by molar-refractivity contribution is 6.10. The predicted octanol–water partition coefficient (Wildman–Crippen LogP) is 13.1. The molecule has 0 heterocycles. The van der Waals surface area contributed by atoms with Crippen molar-refractivity contribution in [3.05, 3.63) is 187 Å². The molecule has 0 fully saturated rings. The van der Waals surface area contributed by atoms with Gasteiger partial charge in [0.1, 0.15) is 0 Å². The molecule has 1 aliphatic carbocycles. The fourth-order valence-corrected chi connectivity index (χ4v) is 7.80. The van der Waals surface area contributed by atoms with Crippen LogP contribution in [0.5, 0.6) is 0 Å². The van der Waals surface area contributed by atoms with Crippen LogP contribution >= 0.6 is 0 Å². The summed E-state index contributed by atoms with van der Waals surface area (Å²) in [5.41, 5.74) is 13.6. The molecule has 0 aromatic heterocycles. The summed E-state index contributed by atoms with van der Waals surface area (Å²) in [6.45, 7) is 4.76. The molecule has 0 atom stereocenters. The van der Waals surface area contributed by atoms with Crippen molar-refractivity contribution in [1.82, 2.24) is 0 Å². The van der Waals surface area contributed by atoms with Gasteiger partial charge in [0.25, 0.3) is 0 Å². The van der Waals surface area contributed by atoms with Crippen LogP contribution in [0.25, 0.3) is 54.9 Å². The van der Waals surface area contributed by atoms with Gasteiger partial charge in [-0.2, -0.15) is 0 Å². The highest BCUT2D eigenvalue weighted by Crippen LogP contribution is 2.53. The lowest BCUT2D eigenvalue weighted by Crippen LogP contribution is -2.24. The minimum atomic E-state index is -0.155. The van der Waals surface area contributed by atoms with Crippen LogP contribution in [0.15, 0.2) is 176 Å². The molecule has 48 heavy (non-hydrogen) atoms. The summed E-state index contributed by atoms with van der Waals surface area (Å²) in [6, 6.07) is 64.4. The first-order chi connectivity index (χ1) is 23.6. The van der Waals surface area contributed by atoms with Crippen LogP contribution in [0.1, 0.15) is 25.0 Å². The van der Waals surface area contributed by atoms with Crippen molar-refractivity contribution in [2.75, 3.05) is 4.90 Å². The van der Waals surface area contributed by atoms with Crippen molar-refractivity contribution in [3.63, 3.8) is 0 Å². The Kier molecular flexibility index (Phi) is 6.55. The molecule has 228 valence electrons. The molecule has 9 rings (SSSR count). The molecule has 1 aliphatic rings. The van der Waals surface area contributed by atoms with E-state index in [-0.39, 0.29) is 5.41 Å². The number of fused-ring (bicyclic) bond motifs is 3. The Bertz CT molecular complexity index is 2460. The van der Waals surface area contributed by atoms with Gasteiger partial charge in [-0.25, -0.2) is 0 Å². The van der Waals surface area contributed by atoms with Crippen molar-refractivity contribution >= 4 is 38.6 Å². The molecule has 0 saturated heterocycles. The third kappa shape index (κ3) is 4.54. The Balaban J connectivity index is 1.28. The quantitative estimate of drug-likeness (QED) is 0.187. The van der Waals surface area contributed by atoms with Crippen LogP contribution in [-0.2, 0) is 5.41 Å². The third-order valence-electron chi connectivity index (χ3n) is 10.2. The summed E-state index contributed by atoms with van der Waals surface area (Å²) in [4.78, 5) is 2.39. The van der Waals surface area contributed by atoms with E-state index < -0.39 is 0 Å². The number of para-hydroxylation sites is 1. The maximum absolute atomic E-state index is 2.43. The minimum absolute atomic E-state index is 0.155. The van der Waals surface area contributed by atoms with E-state index in [4.69, 9.17) is 0 Å². The number of anilines is 3. The zero-order valence-electron chi connectivity index (χ0n) is 27.2. The molecule has 0 spiro atoms. The molecule has 0 amide bonds. The molecular weight excluding hydrogens is 579 g/mol. The van der Waals surface area contributed by atoms with Crippen LogP contribution in [0, 0.1) is 0 Å². The zero-order valence-corrected chi connectivity index (χ0v) is 27.2. The maximum Gasteiger partial charge on any atom is 0.0468 e. The lowest BCUT2D eigenvalue weighted by atomic mass is 9.67. The molecule has 0 unspecified atom stereocenters. The van der Waals surface area contributed by atoms with E-state index in [0.717, 1.165) is 17.1 Å². The van der Waals surface area contributed by atoms with Crippen molar-refractivity contribution in [2.45, 2.75) is 19.3 Å². The molecule has 0 N–H and O–H groups in total. The van der Waals surface area contributed by atoms with E-state index in [0.29, 0.717) is 0 Å². The standard InChI is InChI=1S/C47H35N/c1-47(2)43-29-27-40(48(38-17-7-4-8-18-38)39-25-22-34(23-26-39)32-12-5-3-6-13-32)31-42(43)46-41(28-24-35-16-11-19-44(47)45(35)46)37-21-20-33-14-9-10-15-36(33)30-37/h3-31H,1-2H3. The van der Waals surface area contributed by atoms with Crippen LogP contribution in [0.4, 0.5) is 17.1 Å². The number of nitrogens with zero attached hydrogens (tertiary/aromatic N) is 1. The molecular formula is C47H35N. The van der Waals surface area contributed by atoms with Crippen LogP contribution in [0.3, 0.4) is 0 Å². The SMILES string of the molecule is CC1(C)c2ccc(N(c3ccccc3)c3ccc(-c4ccccc4)cc3)cc2-c2c(-c3ccc4ccccc4c3)ccc3cccc1c23. The molecule has 0 aliphatic heterocycles. The largest absolute Gasteiger partial charge is 0.310 e. The smallest absolute Gasteiger partial charge is 0.0468 e. The first kappa shape index (κ1) is 28.3. The Morgan fingerprint density at radius 2 is 0.979 bits per heavy atom. The Labute approximate surface area is 282 Å². The van der Waals surface area contributed by atoms with E-state index in [1.54, 1.807) is 0 Å². The summed E-state index contributed by atoms with van der Waals surface area (Å²) in [5, 5.41) is 5.16. The van der Waals surface area contributed by atoms with Crippen LogP contribution in [0.2, 0.25) is 0 Å². The summed E-state index contributed by atoms with van der Waals surface area (Å²) in [7, 11) is 0. The van der Waals surface area contributed by atoms with Gasteiger partial charge in [0, 0.05) is 22.5 Å². The van der Waals surface area contributed by atoms with E-state index in [9.17, 15) is 0 Å². The molecule has 0 saturated carbocycles. The summed E-state index contributed by atoms with van der Waals surface area (Å²) in [5.74, 6) is 0. The summed E-state index contributed by atoms with van der Waals surface area (Å²) < 4.78 is 0. The summed E-state index contributed by atoms with van der Waals surface area (Å²) in [6.07, 6.45) is 0. The predicted molar refractivity (Wildman–Crippen MR) is 205 cm³/mol. The maximum atomic E-state index is 2.43. The van der Waals surface area contributed by atoms with E-state index in [1.165, 1.54) is 66.1 Å². The fraction of sp³-hybridized carbons (Fsp3) is 0.0638. The van der Waals surface area contributed by atoms with Gasteiger partial charge in [0.2, 0.25) is 0 Å². The molecule has 1 nitrogen and oxygen atoms in total. The molecule has 8 aromatic rings. The van der Waals surface area contributed by atoms with Crippen LogP contribution < -0.4 is 4.90 Å². The molecule has 1 heteroatoms. The molecule has 8 aromatic carbocycles. The Morgan fingerprint density at radius 3 is 1.77 bits per heavy atom. The van der Waals surface area contributed by atoms with Gasteiger partial charge in [-0.05, 0) is 109 Å². The van der Waals surface area contributed by atoms with Gasteiger partial charge in [-0.1, -0.05) is 147 Å².